The van der Waals surface area contributed by atoms with Gasteiger partial charge < -0.3 is 0 Å². The van der Waals surface area contributed by atoms with Crippen molar-refractivity contribution in [3.63, 3.8) is 0 Å². The number of nitrogens with zero attached hydrogens (tertiary/aromatic N) is 2. The molecule has 2 aromatic carbocycles. The number of nitrogens with one attached hydrogen (secondary N) is 1. The second-order valence-electron chi connectivity index (χ2n) is 5.56. The molecule has 3 rings (SSSR count). The van der Waals surface area contributed by atoms with E-state index in [-0.39, 0.29) is 5.91 Å². The van der Waals surface area contributed by atoms with Gasteiger partial charge in [0.15, 0.2) is 4.34 Å². The summed E-state index contributed by atoms with van der Waals surface area (Å²) in [6.07, 6.45) is 0. The lowest BCUT2D eigenvalue weighted by molar-refractivity contribution is 0.102. The van der Waals surface area contributed by atoms with E-state index in [4.69, 9.17) is 11.6 Å². The van der Waals surface area contributed by atoms with Crippen LogP contribution in [0.25, 0.3) is 0 Å². The second kappa shape index (κ2) is 7.99. The monoisotopic (exact) mass is 389 g/mol. The smallest absolute Gasteiger partial charge is 0.257 e. The second-order valence-corrected chi connectivity index (χ2v) is 8.20. The van der Waals surface area contributed by atoms with Gasteiger partial charge in [-0.2, -0.15) is 0 Å². The Morgan fingerprint density at radius 2 is 2.04 bits per heavy atom. The zero-order valence-corrected chi connectivity index (χ0v) is 16.1. The van der Waals surface area contributed by atoms with Gasteiger partial charge in [0.25, 0.3) is 5.91 Å². The number of rotatable bonds is 5. The van der Waals surface area contributed by atoms with Crippen molar-refractivity contribution < 1.29 is 4.79 Å². The summed E-state index contributed by atoms with van der Waals surface area (Å²) in [5, 5.41) is 12.2. The number of aryl methyl sites for hydroxylation is 2. The van der Waals surface area contributed by atoms with Crippen LogP contribution in [0.15, 0.2) is 46.8 Å². The largest absolute Gasteiger partial charge is 0.296 e. The number of anilines is 1. The summed E-state index contributed by atoms with van der Waals surface area (Å²) in [6, 6.07) is 13.5. The zero-order chi connectivity index (χ0) is 17.8. The van der Waals surface area contributed by atoms with Crippen molar-refractivity contribution in [2.24, 2.45) is 0 Å². The Bertz CT molecular complexity index is 911. The Balaban J connectivity index is 1.63. The molecule has 0 unspecified atom stereocenters. The number of carbonyl (C=O) groups excluding carboxylic acids is 1. The SMILES string of the molecule is Cc1ccc(C)c(C(=O)Nc2nnc(SCc3cccc(Cl)c3)s2)c1. The first-order valence-corrected chi connectivity index (χ1v) is 9.78. The van der Waals surface area contributed by atoms with Gasteiger partial charge in [0, 0.05) is 16.3 Å². The van der Waals surface area contributed by atoms with Crippen molar-refractivity contribution in [2.45, 2.75) is 23.9 Å². The lowest BCUT2D eigenvalue weighted by Crippen LogP contribution is -2.13. The Hall–Kier alpha value is -1.89. The third kappa shape index (κ3) is 4.81. The highest BCUT2D eigenvalue weighted by Crippen LogP contribution is 2.29. The summed E-state index contributed by atoms with van der Waals surface area (Å²) in [5.74, 6) is 0.587. The fourth-order valence-electron chi connectivity index (χ4n) is 2.24. The molecule has 0 radical (unpaired) electrons. The minimum Gasteiger partial charge on any atom is -0.296 e. The number of halogens is 1. The maximum Gasteiger partial charge on any atom is 0.257 e. The minimum absolute atomic E-state index is 0.163. The molecule has 128 valence electrons. The van der Waals surface area contributed by atoms with Crippen molar-refractivity contribution >= 4 is 45.7 Å². The summed E-state index contributed by atoms with van der Waals surface area (Å²) in [5.41, 5.74) is 3.76. The van der Waals surface area contributed by atoms with E-state index in [9.17, 15) is 4.79 Å². The Morgan fingerprint density at radius 1 is 1.20 bits per heavy atom. The summed E-state index contributed by atoms with van der Waals surface area (Å²) in [6.45, 7) is 3.88. The van der Waals surface area contributed by atoms with Gasteiger partial charge in [0.05, 0.1) is 0 Å². The molecule has 3 aromatic rings. The van der Waals surface area contributed by atoms with E-state index in [1.807, 2.05) is 56.3 Å². The van der Waals surface area contributed by atoms with Gasteiger partial charge in [0.1, 0.15) is 0 Å². The fraction of sp³-hybridized carbons (Fsp3) is 0.167. The third-order valence-electron chi connectivity index (χ3n) is 3.52. The van der Waals surface area contributed by atoms with Crippen LogP contribution in [-0.4, -0.2) is 16.1 Å². The highest BCUT2D eigenvalue weighted by atomic mass is 35.5. The molecule has 0 fully saturated rings. The van der Waals surface area contributed by atoms with Crippen LogP contribution in [0.5, 0.6) is 0 Å². The number of benzene rings is 2. The molecule has 0 bridgehead atoms. The normalized spacial score (nSPS) is 10.7. The summed E-state index contributed by atoms with van der Waals surface area (Å²) in [4.78, 5) is 12.4. The van der Waals surface area contributed by atoms with Gasteiger partial charge in [0.2, 0.25) is 5.13 Å². The predicted molar refractivity (Wildman–Crippen MR) is 105 cm³/mol. The first kappa shape index (κ1) is 17.9. The minimum atomic E-state index is -0.163. The fourth-order valence-corrected chi connectivity index (χ4v) is 4.14. The van der Waals surface area contributed by atoms with Crippen molar-refractivity contribution in [1.29, 1.82) is 0 Å². The maximum atomic E-state index is 12.4. The van der Waals surface area contributed by atoms with Crippen molar-refractivity contribution in [3.8, 4) is 0 Å². The van der Waals surface area contributed by atoms with Crippen LogP contribution in [0.2, 0.25) is 5.02 Å². The zero-order valence-electron chi connectivity index (χ0n) is 13.7. The van der Waals surface area contributed by atoms with Crippen LogP contribution >= 0.6 is 34.7 Å². The first-order valence-electron chi connectivity index (χ1n) is 7.60. The van der Waals surface area contributed by atoms with Crippen molar-refractivity contribution in [1.82, 2.24) is 10.2 Å². The van der Waals surface area contributed by atoms with E-state index in [1.54, 1.807) is 11.8 Å². The van der Waals surface area contributed by atoms with E-state index in [0.717, 1.165) is 31.8 Å². The molecule has 0 aliphatic rings. The highest BCUT2D eigenvalue weighted by molar-refractivity contribution is 8.00. The molecule has 0 aliphatic heterocycles. The molecule has 25 heavy (non-hydrogen) atoms. The molecule has 1 heterocycles. The molecule has 0 saturated carbocycles. The molecule has 1 N–H and O–H groups in total. The average Bonchev–Trinajstić information content (AvgIpc) is 3.02. The number of amides is 1. The van der Waals surface area contributed by atoms with Gasteiger partial charge in [-0.1, -0.05) is 64.5 Å². The van der Waals surface area contributed by atoms with Gasteiger partial charge in [-0.25, -0.2) is 0 Å². The van der Waals surface area contributed by atoms with Crippen LogP contribution in [0.3, 0.4) is 0 Å². The molecular weight excluding hydrogens is 374 g/mol. The Labute approximate surface area is 159 Å². The third-order valence-corrected chi connectivity index (χ3v) is 5.79. The number of hydrogen-bond acceptors (Lipinski definition) is 5. The van der Waals surface area contributed by atoms with Gasteiger partial charge in [-0.3, -0.25) is 10.1 Å². The highest BCUT2D eigenvalue weighted by Gasteiger charge is 2.13. The van der Waals surface area contributed by atoms with Crippen LogP contribution in [0.4, 0.5) is 5.13 Å². The number of hydrogen-bond donors (Lipinski definition) is 1. The summed E-state index contributed by atoms with van der Waals surface area (Å²) in [7, 11) is 0. The van der Waals surface area contributed by atoms with Crippen molar-refractivity contribution in [3.05, 3.63) is 69.7 Å². The van der Waals surface area contributed by atoms with Crippen LogP contribution in [-0.2, 0) is 5.75 Å². The van der Waals surface area contributed by atoms with Gasteiger partial charge in [-0.15, -0.1) is 10.2 Å². The van der Waals surface area contributed by atoms with E-state index in [2.05, 4.69) is 15.5 Å². The van der Waals surface area contributed by atoms with E-state index >= 15 is 0 Å². The number of aromatic nitrogens is 2. The quantitative estimate of drug-likeness (QED) is 0.471. The Morgan fingerprint density at radius 3 is 2.84 bits per heavy atom. The standard InChI is InChI=1S/C18H16ClN3OS2/c1-11-6-7-12(2)15(8-11)16(23)20-17-21-22-18(25-17)24-10-13-4-3-5-14(19)9-13/h3-9H,10H2,1-2H3,(H,20,21,23). The molecule has 1 aromatic heterocycles. The van der Waals surface area contributed by atoms with E-state index in [1.165, 1.54) is 11.3 Å². The maximum absolute atomic E-state index is 12.4. The van der Waals surface area contributed by atoms with Crippen LogP contribution < -0.4 is 5.32 Å². The first-order chi connectivity index (χ1) is 12.0. The van der Waals surface area contributed by atoms with Crippen LogP contribution in [0, 0.1) is 13.8 Å². The predicted octanol–water partition coefficient (Wildman–Crippen LogP) is 5.35. The molecular formula is C18H16ClN3OS2. The molecule has 4 nitrogen and oxygen atoms in total. The molecule has 1 amide bonds. The molecule has 0 aliphatic carbocycles. The lowest BCUT2D eigenvalue weighted by Gasteiger charge is -2.05. The molecule has 0 saturated heterocycles. The van der Waals surface area contributed by atoms with Crippen molar-refractivity contribution in [2.75, 3.05) is 5.32 Å². The number of carbonyl (C=O) groups is 1. The topological polar surface area (TPSA) is 54.9 Å². The molecule has 0 atom stereocenters. The van der Waals surface area contributed by atoms with Gasteiger partial charge in [-0.05, 0) is 43.2 Å². The number of thioether (sulfide) groups is 1. The average molecular weight is 390 g/mol. The lowest BCUT2D eigenvalue weighted by atomic mass is 10.1. The summed E-state index contributed by atoms with van der Waals surface area (Å²) >= 11 is 8.92. The van der Waals surface area contributed by atoms with E-state index in [0.29, 0.717) is 10.7 Å². The van der Waals surface area contributed by atoms with Crippen LogP contribution in [0.1, 0.15) is 27.0 Å². The Kier molecular flexibility index (Phi) is 5.73. The molecule has 7 heteroatoms. The molecule has 0 spiro atoms. The summed E-state index contributed by atoms with van der Waals surface area (Å²) < 4.78 is 0.802. The van der Waals surface area contributed by atoms with E-state index < -0.39 is 0 Å². The van der Waals surface area contributed by atoms with Gasteiger partial charge >= 0.3 is 0 Å².